The van der Waals surface area contributed by atoms with E-state index in [0.717, 1.165) is 59.1 Å². The highest BCUT2D eigenvalue weighted by Gasteiger charge is 2.32. The van der Waals surface area contributed by atoms with Gasteiger partial charge >= 0.3 is 0 Å². The van der Waals surface area contributed by atoms with Crippen LogP contribution in [-0.2, 0) is 0 Å². The lowest BCUT2D eigenvalue weighted by Crippen LogP contribution is -2.28. The highest BCUT2D eigenvalue weighted by molar-refractivity contribution is 5.45. The van der Waals surface area contributed by atoms with Crippen molar-refractivity contribution < 1.29 is 10.2 Å². The van der Waals surface area contributed by atoms with Gasteiger partial charge in [0.05, 0.1) is 12.2 Å². The Morgan fingerprint density at radius 2 is 1.07 bits per heavy atom. The molecule has 0 bridgehead atoms. The predicted octanol–water partition coefficient (Wildman–Crippen LogP) is 10.00. The van der Waals surface area contributed by atoms with Crippen molar-refractivity contribution in [1.82, 2.24) is 0 Å². The zero-order chi connectivity index (χ0) is 32.9. The summed E-state index contributed by atoms with van der Waals surface area (Å²) in [6.45, 7) is 21.1. The van der Waals surface area contributed by atoms with Gasteiger partial charge in [-0.05, 0) is 78.9 Å². The fraction of sp³-hybridized carbons (Fsp3) is 0.429. The van der Waals surface area contributed by atoms with Crippen molar-refractivity contribution in [3.8, 4) is 23.7 Å². The minimum Gasteiger partial charge on any atom is -0.393 e. The third-order valence-electron chi connectivity index (χ3n) is 8.05. The first-order valence-corrected chi connectivity index (χ1v) is 15.8. The van der Waals surface area contributed by atoms with Crippen molar-refractivity contribution in [2.45, 2.75) is 107 Å². The monoisotopic (exact) mass is 590 g/mol. The second kappa shape index (κ2) is 17.1. The molecule has 0 fully saturated rings. The molecule has 2 aliphatic carbocycles. The molecule has 0 heterocycles. The lowest BCUT2D eigenvalue weighted by Gasteiger charge is -2.34. The van der Waals surface area contributed by atoms with Crippen LogP contribution in [0.25, 0.3) is 0 Å². The van der Waals surface area contributed by atoms with Gasteiger partial charge in [-0.3, -0.25) is 0 Å². The normalized spacial score (nSPS) is 23.5. The van der Waals surface area contributed by atoms with Gasteiger partial charge < -0.3 is 10.2 Å². The molecule has 0 aliphatic heterocycles. The Labute approximate surface area is 268 Å². The molecule has 2 N–H and O–H groups in total. The number of hydrogen-bond donors (Lipinski definition) is 2. The van der Waals surface area contributed by atoms with E-state index in [1.165, 1.54) is 11.1 Å². The molecular weight excluding hydrogens is 536 g/mol. The fourth-order valence-corrected chi connectivity index (χ4v) is 5.91. The molecule has 0 saturated heterocycles. The highest BCUT2D eigenvalue weighted by atomic mass is 16.3. The van der Waals surface area contributed by atoms with Gasteiger partial charge in [-0.2, -0.15) is 0 Å². The fourth-order valence-electron chi connectivity index (χ4n) is 5.91. The average molecular weight is 591 g/mol. The molecule has 2 rings (SSSR count). The maximum Gasteiger partial charge on any atom is 0.0586 e. The molecule has 2 atom stereocenters. The lowest BCUT2D eigenvalue weighted by molar-refractivity contribution is 0.116. The molecule has 0 amide bonds. The summed E-state index contributed by atoms with van der Waals surface area (Å²) in [5.41, 5.74) is 9.03. The van der Waals surface area contributed by atoms with E-state index in [0.29, 0.717) is 0 Å². The summed E-state index contributed by atoms with van der Waals surface area (Å²) in [5, 5.41) is 20.1. The van der Waals surface area contributed by atoms with Crippen LogP contribution in [0.5, 0.6) is 0 Å². The summed E-state index contributed by atoms with van der Waals surface area (Å²) >= 11 is 0. The molecule has 0 radical (unpaired) electrons. The predicted molar refractivity (Wildman–Crippen MR) is 191 cm³/mol. The van der Waals surface area contributed by atoms with Gasteiger partial charge in [-0.15, -0.1) is 0 Å². The molecule has 2 heteroatoms. The van der Waals surface area contributed by atoms with Crippen molar-refractivity contribution in [2.24, 2.45) is 10.8 Å². The molecule has 44 heavy (non-hydrogen) atoms. The lowest BCUT2D eigenvalue weighted by atomic mass is 9.72. The minimum atomic E-state index is -0.263. The molecule has 2 unspecified atom stereocenters. The molecule has 0 spiro atoms. The maximum atomic E-state index is 10.1. The quantitative estimate of drug-likeness (QED) is 0.229. The van der Waals surface area contributed by atoms with E-state index in [9.17, 15) is 10.2 Å². The highest BCUT2D eigenvalue weighted by Crippen LogP contribution is 2.40. The number of aliphatic hydroxyl groups excluding tert-OH is 2. The summed E-state index contributed by atoms with van der Waals surface area (Å²) in [7, 11) is 0. The zero-order valence-corrected chi connectivity index (χ0v) is 28.8. The number of aliphatic hydroxyl groups is 2. The molecule has 0 aromatic carbocycles. The van der Waals surface area contributed by atoms with Crippen LogP contribution in [0.2, 0.25) is 0 Å². The third kappa shape index (κ3) is 12.6. The van der Waals surface area contributed by atoms with Crippen molar-refractivity contribution in [1.29, 1.82) is 0 Å². The van der Waals surface area contributed by atoms with Crippen LogP contribution >= 0.6 is 0 Å². The first-order chi connectivity index (χ1) is 20.6. The van der Waals surface area contributed by atoms with Crippen LogP contribution in [-0.4, -0.2) is 22.4 Å². The Bertz CT molecular complexity index is 1480. The van der Waals surface area contributed by atoms with Gasteiger partial charge in [0.2, 0.25) is 0 Å². The van der Waals surface area contributed by atoms with Gasteiger partial charge in [-0.1, -0.05) is 146 Å². The molecule has 234 valence electrons. The summed E-state index contributed by atoms with van der Waals surface area (Å²) in [4.78, 5) is 0. The van der Waals surface area contributed by atoms with Gasteiger partial charge in [-0.25, -0.2) is 0 Å². The van der Waals surface area contributed by atoms with Crippen LogP contribution < -0.4 is 0 Å². The number of hydrogen-bond acceptors (Lipinski definition) is 2. The molecule has 0 saturated carbocycles. The first kappa shape index (κ1) is 36.6. The van der Waals surface area contributed by atoms with Crippen LogP contribution in [0.15, 0.2) is 117 Å². The molecular formula is C42H54O2. The van der Waals surface area contributed by atoms with Crippen molar-refractivity contribution in [3.05, 3.63) is 117 Å². The largest absolute Gasteiger partial charge is 0.393 e. The van der Waals surface area contributed by atoms with E-state index in [-0.39, 0.29) is 23.0 Å². The van der Waals surface area contributed by atoms with Crippen molar-refractivity contribution in [3.63, 3.8) is 0 Å². The van der Waals surface area contributed by atoms with Gasteiger partial charge in [0.15, 0.2) is 0 Å². The second-order valence-electron chi connectivity index (χ2n) is 13.7. The Morgan fingerprint density at radius 1 is 0.636 bits per heavy atom. The topological polar surface area (TPSA) is 40.5 Å². The minimum absolute atomic E-state index is 0.0805. The van der Waals surface area contributed by atoms with Crippen LogP contribution in [0.1, 0.15) is 94.9 Å². The van der Waals surface area contributed by atoms with Gasteiger partial charge in [0.25, 0.3) is 0 Å². The Kier molecular flexibility index (Phi) is 14.2. The van der Waals surface area contributed by atoms with E-state index >= 15 is 0 Å². The van der Waals surface area contributed by atoms with E-state index < -0.39 is 0 Å². The maximum absolute atomic E-state index is 10.1. The SMILES string of the molecule is CC(C=CC#CC1=C(C)CC(O)CC1(C)C)=CC=CC(C)=C/C=C/C=C(C)/C=C/C=C(\C)C#CC1=C(C)CC(O)CC1(C)C. The Morgan fingerprint density at radius 3 is 1.57 bits per heavy atom. The summed E-state index contributed by atoms with van der Waals surface area (Å²) in [6.07, 6.45) is 27.1. The average Bonchev–Trinajstić information content (AvgIpc) is 2.88. The van der Waals surface area contributed by atoms with Crippen LogP contribution in [0.4, 0.5) is 0 Å². The molecule has 2 nitrogen and oxygen atoms in total. The van der Waals surface area contributed by atoms with E-state index in [1.807, 2.05) is 31.2 Å². The summed E-state index contributed by atoms with van der Waals surface area (Å²) in [5.74, 6) is 13.2. The third-order valence-corrected chi connectivity index (χ3v) is 8.05. The van der Waals surface area contributed by atoms with Crippen molar-refractivity contribution in [2.75, 3.05) is 0 Å². The molecule has 2 aliphatic rings. The van der Waals surface area contributed by atoms with Gasteiger partial charge in [0, 0.05) is 22.0 Å². The van der Waals surface area contributed by atoms with E-state index in [4.69, 9.17) is 0 Å². The van der Waals surface area contributed by atoms with E-state index in [2.05, 4.69) is 135 Å². The van der Waals surface area contributed by atoms with Crippen LogP contribution in [0.3, 0.4) is 0 Å². The van der Waals surface area contributed by atoms with E-state index in [1.54, 1.807) is 0 Å². The first-order valence-electron chi connectivity index (χ1n) is 15.8. The number of rotatable bonds is 7. The summed E-state index contributed by atoms with van der Waals surface area (Å²) < 4.78 is 0. The molecule has 0 aromatic heterocycles. The van der Waals surface area contributed by atoms with Gasteiger partial charge in [0.1, 0.15) is 0 Å². The Balaban J connectivity index is 1.89. The second-order valence-corrected chi connectivity index (χ2v) is 13.7. The zero-order valence-electron chi connectivity index (χ0n) is 28.8. The van der Waals surface area contributed by atoms with Crippen molar-refractivity contribution >= 4 is 0 Å². The standard InChI is InChI=1S/C42H54O2/c1-31(20-15-21-33(3)19-13-14-24-39-35(5)27-37(43)29-41(39,7)8)17-11-12-18-32(2)22-16-23-34(4)25-26-40-36(6)28-38(44)30-42(40,9)10/h11-13,15-23,37-38,43-44H,27-30H2,1-10H3/b12-11+,19-13?,20-15?,22-16+,31-17?,32-18+,33-21?,34-23+. The smallest absolute Gasteiger partial charge is 0.0586 e. The summed E-state index contributed by atoms with van der Waals surface area (Å²) in [6, 6.07) is 0. The number of allylic oxidation sites excluding steroid dienone is 18. The molecule has 0 aromatic rings. The van der Waals surface area contributed by atoms with Crippen LogP contribution in [0, 0.1) is 34.5 Å². The Hall–Kier alpha value is -3.56.